The highest BCUT2D eigenvalue weighted by molar-refractivity contribution is 7.90. The number of hydrogen-bond donors (Lipinski definition) is 2. The topological polar surface area (TPSA) is 101 Å². The molecular formula is C19H23NO5S. The Kier molecular flexibility index (Phi) is 6.74. The SMILES string of the molecule is CS(=O)(=O)CCCC(=O)NCC(Cc1cccc2ccccc12)C(=O)O. The molecule has 2 N–H and O–H groups in total. The number of benzene rings is 2. The van der Waals surface area contributed by atoms with E-state index in [1.54, 1.807) is 0 Å². The lowest BCUT2D eigenvalue weighted by Gasteiger charge is -2.15. The molecule has 0 fully saturated rings. The van der Waals surface area contributed by atoms with Gasteiger partial charge in [0, 0.05) is 19.2 Å². The normalized spacial score (nSPS) is 12.7. The van der Waals surface area contributed by atoms with Crippen molar-refractivity contribution in [2.75, 3.05) is 18.6 Å². The van der Waals surface area contributed by atoms with Gasteiger partial charge in [-0.3, -0.25) is 9.59 Å². The predicted octanol–water partition coefficient (Wildman–Crippen LogP) is 2.02. The van der Waals surface area contributed by atoms with E-state index in [9.17, 15) is 23.1 Å². The summed E-state index contributed by atoms with van der Waals surface area (Å²) in [5, 5.41) is 14.1. The maximum atomic E-state index is 11.8. The predicted molar refractivity (Wildman–Crippen MR) is 101 cm³/mol. The Balaban J connectivity index is 1.96. The Morgan fingerprint density at radius 1 is 1.12 bits per heavy atom. The van der Waals surface area contributed by atoms with Crippen molar-refractivity contribution in [3.8, 4) is 0 Å². The van der Waals surface area contributed by atoms with E-state index in [4.69, 9.17) is 0 Å². The lowest BCUT2D eigenvalue weighted by atomic mass is 9.95. The van der Waals surface area contributed by atoms with Crippen molar-refractivity contribution in [1.82, 2.24) is 5.32 Å². The molecule has 1 atom stereocenters. The van der Waals surface area contributed by atoms with E-state index in [1.165, 1.54) is 0 Å². The van der Waals surface area contributed by atoms with E-state index in [1.807, 2.05) is 42.5 Å². The minimum absolute atomic E-state index is 0.0102. The molecule has 2 rings (SSSR count). The smallest absolute Gasteiger partial charge is 0.308 e. The third kappa shape index (κ3) is 6.15. The summed E-state index contributed by atoms with van der Waals surface area (Å²) in [5.41, 5.74) is 0.918. The molecule has 7 heteroatoms. The molecule has 26 heavy (non-hydrogen) atoms. The molecule has 0 aromatic heterocycles. The van der Waals surface area contributed by atoms with Crippen LogP contribution in [0.1, 0.15) is 18.4 Å². The van der Waals surface area contributed by atoms with Crippen molar-refractivity contribution in [2.24, 2.45) is 5.92 Å². The van der Waals surface area contributed by atoms with Crippen molar-refractivity contribution in [2.45, 2.75) is 19.3 Å². The number of rotatable bonds is 9. The van der Waals surface area contributed by atoms with Crippen LogP contribution in [0.2, 0.25) is 0 Å². The van der Waals surface area contributed by atoms with Gasteiger partial charge < -0.3 is 10.4 Å². The Hall–Kier alpha value is -2.41. The zero-order valence-corrected chi connectivity index (χ0v) is 15.5. The minimum atomic E-state index is -3.10. The maximum absolute atomic E-state index is 11.8. The molecule has 140 valence electrons. The van der Waals surface area contributed by atoms with Crippen LogP contribution in [-0.2, 0) is 25.8 Å². The first-order chi connectivity index (χ1) is 12.3. The van der Waals surface area contributed by atoms with E-state index < -0.39 is 21.7 Å². The Bertz CT molecular complexity index is 886. The summed E-state index contributed by atoms with van der Waals surface area (Å²) < 4.78 is 22.1. The zero-order valence-electron chi connectivity index (χ0n) is 14.6. The highest BCUT2D eigenvalue weighted by atomic mass is 32.2. The van der Waals surface area contributed by atoms with Crippen molar-refractivity contribution in [3.63, 3.8) is 0 Å². The van der Waals surface area contributed by atoms with Crippen LogP contribution >= 0.6 is 0 Å². The lowest BCUT2D eigenvalue weighted by Crippen LogP contribution is -2.34. The van der Waals surface area contributed by atoms with Crippen LogP contribution in [0.4, 0.5) is 0 Å². The van der Waals surface area contributed by atoms with Crippen molar-refractivity contribution >= 4 is 32.5 Å². The number of carboxylic acids is 1. The van der Waals surface area contributed by atoms with Crippen LogP contribution in [0, 0.1) is 5.92 Å². The number of carbonyl (C=O) groups is 2. The van der Waals surface area contributed by atoms with E-state index in [0.717, 1.165) is 22.6 Å². The van der Waals surface area contributed by atoms with Crippen LogP contribution in [0.3, 0.4) is 0 Å². The fourth-order valence-electron chi connectivity index (χ4n) is 2.80. The van der Waals surface area contributed by atoms with Crippen molar-refractivity contribution < 1.29 is 23.1 Å². The molecule has 0 aliphatic rings. The number of carboxylic acid groups (broad SMARTS) is 1. The average molecular weight is 377 g/mol. The zero-order chi connectivity index (χ0) is 19.2. The molecule has 2 aromatic carbocycles. The average Bonchev–Trinajstić information content (AvgIpc) is 2.57. The Morgan fingerprint density at radius 3 is 2.50 bits per heavy atom. The second kappa shape index (κ2) is 8.80. The summed E-state index contributed by atoms with van der Waals surface area (Å²) in [4.78, 5) is 23.4. The van der Waals surface area contributed by atoms with E-state index in [0.29, 0.717) is 6.42 Å². The van der Waals surface area contributed by atoms with Crippen LogP contribution in [0.15, 0.2) is 42.5 Å². The van der Waals surface area contributed by atoms with E-state index >= 15 is 0 Å². The van der Waals surface area contributed by atoms with Gasteiger partial charge in [-0.1, -0.05) is 42.5 Å². The third-order valence-electron chi connectivity index (χ3n) is 4.16. The van der Waals surface area contributed by atoms with Crippen molar-refractivity contribution in [3.05, 3.63) is 48.0 Å². The maximum Gasteiger partial charge on any atom is 0.308 e. The molecule has 0 bridgehead atoms. The minimum Gasteiger partial charge on any atom is -0.481 e. The molecule has 1 amide bonds. The second-order valence-corrected chi connectivity index (χ2v) is 8.67. The van der Waals surface area contributed by atoms with Gasteiger partial charge in [-0.2, -0.15) is 0 Å². The van der Waals surface area contributed by atoms with Gasteiger partial charge >= 0.3 is 5.97 Å². The van der Waals surface area contributed by atoms with Crippen LogP contribution in [0.25, 0.3) is 10.8 Å². The van der Waals surface area contributed by atoms with Gasteiger partial charge in [-0.15, -0.1) is 0 Å². The molecule has 0 spiro atoms. The molecule has 0 aliphatic carbocycles. The fraction of sp³-hybridized carbons (Fsp3) is 0.368. The monoisotopic (exact) mass is 377 g/mol. The quantitative estimate of drug-likeness (QED) is 0.696. The number of amides is 1. The molecule has 0 heterocycles. The van der Waals surface area contributed by atoms with Gasteiger partial charge in [0.25, 0.3) is 0 Å². The van der Waals surface area contributed by atoms with E-state index in [-0.39, 0.29) is 31.0 Å². The number of sulfone groups is 1. The lowest BCUT2D eigenvalue weighted by molar-refractivity contribution is -0.141. The first-order valence-corrected chi connectivity index (χ1v) is 10.5. The number of aliphatic carboxylic acids is 1. The largest absolute Gasteiger partial charge is 0.481 e. The van der Waals surface area contributed by atoms with Gasteiger partial charge in [0.15, 0.2) is 0 Å². The van der Waals surface area contributed by atoms with Gasteiger partial charge in [0.1, 0.15) is 9.84 Å². The summed E-state index contributed by atoms with van der Waals surface area (Å²) in [5.74, 6) is -2.12. The summed E-state index contributed by atoms with van der Waals surface area (Å²) in [6, 6.07) is 13.5. The molecule has 0 saturated carbocycles. The molecule has 6 nitrogen and oxygen atoms in total. The molecule has 0 aliphatic heterocycles. The van der Waals surface area contributed by atoms with Gasteiger partial charge in [0.2, 0.25) is 5.91 Å². The Morgan fingerprint density at radius 2 is 1.81 bits per heavy atom. The number of hydrogen-bond acceptors (Lipinski definition) is 4. The van der Waals surface area contributed by atoms with Gasteiger partial charge in [0.05, 0.1) is 11.7 Å². The standard InChI is InChI=1S/C19H23NO5S/c1-26(24,25)11-5-10-18(21)20-13-16(19(22)23)12-15-8-4-7-14-6-2-3-9-17(14)15/h2-4,6-9,16H,5,10-13H2,1H3,(H,20,21)(H,22,23). The molecule has 0 saturated heterocycles. The first-order valence-electron chi connectivity index (χ1n) is 8.40. The molecule has 2 aromatic rings. The highest BCUT2D eigenvalue weighted by Crippen LogP contribution is 2.21. The number of fused-ring (bicyclic) bond motifs is 1. The van der Waals surface area contributed by atoms with E-state index in [2.05, 4.69) is 5.32 Å². The fourth-order valence-corrected chi connectivity index (χ4v) is 3.47. The third-order valence-corrected chi connectivity index (χ3v) is 5.19. The molecule has 1 unspecified atom stereocenters. The van der Waals surface area contributed by atoms with Gasteiger partial charge in [-0.05, 0) is 29.2 Å². The molecule has 0 radical (unpaired) electrons. The summed E-state index contributed by atoms with van der Waals surface area (Å²) in [7, 11) is -3.10. The summed E-state index contributed by atoms with van der Waals surface area (Å²) >= 11 is 0. The Labute approximate surface area is 153 Å². The van der Waals surface area contributed by atoms with Crippen LogP contribution in [-0.4, -0.2) is 44.0 Å². The summed E-state index contributed by atoms with van der Waals surface area (Å²) in [6.07, 6.45) is 1.72. The van der Waals surface area contributed by atoms with Gasteiger partial charge in [-0.25, -0.2) is 8.42 Å². The first kappa shape index (κ1) is 19.9. The highest BCUT2D eigenvalue weighted by Gasteiger charge is 2.20. The van der Waals surface area contributed by atoms with Crippen LogP contribution in [0.5, 0.6) is 0 Å². The van der Waals surface area contributed by atoms with Crippen molar-refractivity contribution in [1.29, 1.82) is 0 Å². The second-order valence-electron chi connectivity index (χ2n) is 6.42. The molecular weight excluding hydrogens is 354 g/mol. The number of carbonyl (C=O) groups excluding carboxylic acids is 1. The summed E-state index contributed by atoms with van der Waals surface area (Å²) in [6.45, 7) is 0.0102. The number of nitrogens with one attached hydrogen (secondary N) is 1. The van der Waals surface area contributed by atoms with Crippen LogP contribution < -0.4 is 5.32 Å².